The summed E-state index contributed by atoms with van der Waals surface area (Å²) in [5.41, 5.74) is 1.24. The van der Waals surface area contributed by atoms with Crippen LogP contribution in [0.4, 0.5) is 0 Å². The molecule has 0 aliphatic carbocycles. The second-order valence-electron chi connectivity index (χ2n) is 6.55. The first-order valence-corrected chi connectivity index (χ1v) is 7.61. The molecule has 0 bridgehead atoms. The van der Waals surface area contributed by atoms with Gasteiger partial charge in [-0.1, -0.05) is 26.0 Å². The van der Waals surface area contributed by atoms with Gasteiger partial charge < -0.3 is 10.0 Å². The number of phenols is 1. The number of hydrogen-bond acceptors (Lipinski definition) is 2. The molecule has 1 aromatic rings. The van der Waals surface area contributed by atoms with Gasteiger partial charge in [0.05, 0.1) is 0 Å². The van der Waals surface area contributed by atoms with E-state index in [0.29, 0.717) is 30.0 Å². The fraction of sp³-hybridized carbons (Fsp3) is 0.588. The number of phenolic OH excluding ortho intramolecular Hbond substituents is 1. The highest BCUT2D eigenvalue weighted by Crippen LogP contribution is 2.45. The van der Waals surface area contributed by atoms with Gasteiger partial charge in [-0.3, -0.25) is 4.79 Å². The summed E-state index contributed by atoms with van der Waals surface area (Å²) in [5.74, 6) is 1.08. The zero-order valence-corrected chi connectivity index (χ0v) is 12.3. The van der Waals surface area contributed by atoms with Gasteiger partial charge in [-0.25, -0.2) is 0 Å². The molecule has 2 aliphatic heterocycles. The number of hydrogen-bond donors (Lipinski definition) is 1. The van der Waals surface area contributed by atoms with E-state index in [1.54, 1.807) is 6.07 Å². The van der Waals surface area contributed by atoms with Crippen molar-refractivity contribution in [2.75, 3.05) is 6.54 Å². The molecule has 2 aliphatic rings. The van der Waals surface area contributed by atoms with Gasteiger partial charge in [-0.05, 0) is 48.3 Å². The molecule has 0 spiro atoms. The third kappa shape index (κ3) is 2.00. The third-order valence-electron chi connectivity index (χ3n) is 5.57. The van der Waals surface area contributed by atoms with Crippen molar-refractivity contribution >= 4 is 5.91 Å². The molecule has 2 heterocycles. The van der Waals surface area contributed by atoms with Crippen LogP contribution in [0, 0.1) is 5.92 Å². The summed E-state index contributed by atoms with van der Waals surface area (Å²) >= 11 is 0. The van der Waals surface area contributed by atoms with Crippen molar-refractivity contribution in [3.05, 3.63) is 29.8 Å². The molecule has 3 nitrogen and oxygen atoms in total. The van der Waals surface area contributed by atoms with Gasteiger partial charge in [-0.2, -0.15) is 0 Å². The van der Waals surface area contributed by atoms with Gasteiger partial charge in [0.1, 0.15) is 5.75 Å². The molecular weight excluding hydrogens is 250 g/mol. The number of amides is 1. The molecule has 0 saturated carbocycles. The van der Waals surface area contributed by atoms with Crippen molar-refractivity contribution < 1.29 is 9.90 Å². The molecule has 1 unspecified atom stereocenters. The van der Waals surface area contributed by atoms with Crippen LogP contribution in [-0.4, -0.2) is 28.5 Å². The molecule has 2 saturated heterocycles. The average Bonchev–Trinajstić information content (AvgIpc) is 2.44. The number of carbonyl (C=O) groups excluding carboxylic acids is 1. The summed E-state index contributed by atoms with van der Waals surface area (Å²) in [6, 6.07) is 7.99. The zero-order chi connectivity index (χ0) is 14.3. The molecule has 3 heteroatoms. The van der Waals surface area contributed by atoms with Gasteiger partial charge in [0.2, 0.25) is 5.91 Å². The first-order valence-electron chi connectivity index (χ1n) is 7.61. The molecule has 20 heavy (non-hydrogen) atoms. The summed E-state index contributed by atoms with van der Waals surface area (Å²) in [5, 5.41) is 9.75. The van der Waals surface area contributed by atoms with E-state index in [2.05, 4.69) is 24.8 Å². The Labute approximate surface area is 120 Å². The monoisotopic (exact) mass is 273 g/mol. The number of aromatic hydroxyl groups is 1. The van der Waals surface area contributed by atoms with Crippen LogP contribution < -0.4 is 0 Å². The number of rotatable bonds is 1. The number of nitrogens with zero attached hydrogens (tertiary/aromatic N) is 1. The zero-order valence-electron chi connectivity index (χ0n) is 12.3. The topological polar surface area (TPSA) is 40.5 Å². The van der Waals surface area contributed by atoms with Gasteiger partial charge in [0.25, 0.3) is 0 Å². The maximum absolute atomic E-state index is 12.1. The fourth-order valence-electron chi connectivity index (χ4n) is 4.03. The highest BCUT2D eigenvalue weighted by Gasteiger charge is 2.46. The quantitative estimate of drug-likeness (QED) is 0.854. The predicted molar refractivity (Wildman–Crippen MR) is 78.6 cm³/mol. The Morgan fingerprint density at radius 2 is 2.20 bits per heavy atom. The molecule has 0 radical (unpaired) electrons. The Balaban J connectivity index is 1.93. The van der Waals surface area contributed by atoms with Crippen LogP contribution in [0.3, 0.4) is 0 Å². The van der Waals surface area contributed by atoms with Crippen LogP contribution in [0.15, 0.2) is 24.3 Å². The van der Waals surface area contributed by atoms with E-state index in [9.17, 15) is 9.90 Å². The molecule has 108 valence electrons. The van der Waals surface area contributed by atoms with E-state index in [1.165, 1.54) is 5.56 Å². The summed E-state index contributed by atoms with van der Waals surface area (Å²) in [7, 11) is 0. The number of piperidine rings is 2. The molecule has 1 amide bonds. The summed E-state index contributed by atoms with van der Waals surface area (Å²) in [6.07, 6.45) is 3.81. The van der Waals surface area contributed by atoms with E-state index < -0.39 is 0 Å². The van der Waals surface area contributed by atoms with E-state index >= 15 is 0 Å². The van der Waals surface area contributed by atoms with Crippen molar-refractivity contribution in [2.45, 2.75) is 51.0 Å². The Kier molecular flexibility index (Phi) is 3.23. The smallest absolute Gasteiger partial charge is 0.222 e. The highest BCUT2D eigenvalue weighted by atomic mass is 16.3. The van der Waals surface area contributed by atoms with Crippen LogP contribution in [0.25, 0.3) is 0 Å². The minimum Gasteiger partial charge on any atom is -0.508 e. The lowest BCUT2D eigenvalue weighted by Crippen LogP contribution is -2.57. The summed E-state index contributed by atoms with van der Waals surface area (Å²) in [4.78, 5) is 14.2. The average molecular weight is 273 g/mol. The maximum Gasteiger partial charge on any atom is 0.222 e. The maximum atomic E-state index is 12.1. The first-order chi connectivity index (χ1) is 9.52. The normalized spacial score (nSPS) is 33.9. The lowest BCUT2D eigenvalue weighted by Gasteiger charge is -2.52. The van der Waals surface area contributed by atoms with Gasteiger partial charge >= 0.3 is 0 Å². The number of carbonyl (C=O) groups is 1. The molecule has 0 aromatic heterocycles. The molecule has 3 rings (SSSR count). The number of fused-ring (bicyclic) bond motifs is 1. The van der Waals surface area contributed by atoms with E-state index in [1.807, 2.05) is 12.1 Å². The second-order valence-corrected chi connectivity index (χ2v) is 6.55. The molecule has 1 N–H and O–H groups in total. The van der Waals surface area contributed by atoms with Crippen molar-refractivity contribution in [2.24, 2.45) is 5.92 Å². The fourth-order valence-corrected chi connectivity index (χ4v) is 4.03. The Morgan fingerprint density at radius 3 is 2.95 bits per heavy atom. The molecular formula is C17H23NO2. The lowest BCUT2D eigenvalue weighted by molar-refractivity contribution is -0.141. The van der Waals surface area contributed by atoms with Crippen LogP contribution >= 0.6 is 0 Å². The first kappa shape index (κ1) is 13.5. The molecule has 3 atom stereocenters. The van der Waals surface area contributed by atoms with Crippen molar-refractivity contribution in [1.82, 2.24) is 4.90 Å². The minimum atomic E-state index is 0.0392. The summed E-state index contributed by atoms with van der Waals surface area (Å²) < 4.78 is 0. The van der Waals surface area contributed by atoms with Crippen LogP contribution in [0.5, 0.6) is 5.75 Å². The molecule has 2 fully saturated rings. The van der Waals surface area contributed by atoms with Gasteiger partial charge in [-0.15, -0.1) is 0 Å². The largest absolute Gasteiger partial charge is 0.508 e. The van der Waals surface area contributed by atoms with Crippen LogP contribution in [0.2, 0.25) is 0 Å². The Morgan fingerprint density at radius 1 is 1.40 bits per heavy atom. The van der Waals surface area contributed by atoms with Crippen molar-refractivity contribution in [3.8, 4) is 5.75 Å². The minimum absolute atomic E-state index is 0.0392. The van der Waals surface area contributed by atoms with Crippen molar-refractivity contribution in [1.29, 1.82) is 0 Å². The predicted octanol–water partition coefficient (Wildman–Crippen LogP) is 3.07. The molecule has 1 aromatic carbocycles. The summed E-state index contributed by atoms with van der Waals surface area (Å²) in [6.45, 7) is 5.39. The van der Waals surface area contributed by atoms with Crippen LogP contribution in [-0.2, 0) is 10.2 Å². The van der Waals surface area contributed by atoms with E-state index in [0.717, 1.165) is 25.8 Å². The van der Waals surface area contributed by atoms with Crippen molar-refractivity contribution in [3.63, 3.8) is 0 Å². The van der Waals surface area contributed by atoms with E-state index in [4.69, 9.17) is 0 Å². The Bertz CT molecular complexity index is 527. The van der Waals surface area contributed by atoms with Gasteiger partial charge in [0, 0.05) is 19.0 Å². The van der Waals surface area contributed by atoms with E-state index in [-0.39, 0.29) is 5.41 Å². The second kappa shape index (κ2) is 4.80. The SMILES string of the molecule is C[C@H]1C2CCCC(=O)N2CC[C@@]1(C)c1cccc(O)c1. The Hall–Kier alpha value is -1.51. The van der Waals surface area contributed by atoms with Gasteiger partial charge in [0.15, 0.2) is 0 Å². The number of benzene rings is 1. The van der Waals surface area contributed by atoms with Crippen LogP contribution in [0.1, 0.15) is 45.1 Å². The lowest BCUT2D eigenvalue weighted by atomic mass is 9.63. The third-order valence-corrected chi connectivity index (χ3v) is 5.57. The highest BCUT2D eigenvalue weighted by molar-refractivity contribution is 5.77. The standard InChI is InChI=1S/C17H23NO2/c1-12-15-7-4-8-16(20)18(15)10-9-17(12,2)13-5-3-6-14(19)11-13/h3,5-6,11-12,15,19H,4,7-10H2,1-2H3/t12-,15?,17+/m0/s1.